The van der Waals surface area contributed by atoms with E-state index in [4.69, 9.17) is 4.74 Å². The first-order valence-electron chi connectivity index (χ1n) is 6.22. The highest BCUT2D eigenvalue weighted by Gasteiger charge is 2.35. The van der Waals surface area contributed by atoms with Crippen LogP contribution in [0.4, 0.5) is 0 Å². The van der Waals surface area contributed by atoms with Crippen molar-refractivity contribution in [1.82, 2.24) is 5.32 Å². The molecule has 0 spiro atoms. The molecule has 0 fully saturated rings. The number of alkyl halides is 3. The molecule has 0 bridgehead atoms. The number of carbonyl (C=O) groups is 1. The summed E-state index contributed by atoms with van der Waals surface area (Å²) >= 11 is 13.6. The van der Waals surface area contributed by atoms with Crippen LogP contribution >= 0.6 is 63.7 Å². The summed E-state index contributed by atoms with van der Waals surface area (Å²) in [5.74, 6) is 0.379. The van der Waals surface area contributed by atoms with E-state index in [2.05, 4.69) is 69.0 Å². The second kappa shape index (κ2) is 7.95. The lowest BCUT2D eigenvalue weighted by atomic mass is 10.2. The van der Waals surface area contributed by atoms with Crippen LogP contribution in [0.5, 0.6) is 5.75 Å². The molecule has 0 aliphatic heterocycles. The third-order valence-corrected chi connectivity index (χ3v) is 4.58. The molecule has 1 amide bonds. The number of rotatable bonds is 4. The molecule has 0 aliphatic carbocycles. The van der Waals surface area contributed by atoms with Crippen LogP contribution in [0.1, 0.15) is 10.4 Å². The maximum Gasteiger partial charge on any atom is 0.254 e. The van der Waals surface area contributed by atoms with Gasteiger partial charge in [0.2, 0.25) is 6.23 Å². The minimum atomic E-state index is -0.813. The summed E-state index contributed by atoms with van der Waals surface area (Å²) in [6.07, 6.45) is -0.695. The van der Waals surface area contributed by atoms with Gasteiger partial charge in [-0.05, 0) is 40.2 Å². The Balaban J connectivity index is 2.18. The van der Waals surface area contributed by atoms with Crippen molar-refractivity contribution in [2.24, 2.45) is 0 Å². The van der Waals surface area contributed by atoms with Gasteiger partial charge in [0.25, 0.3) is 5.91 Å². The molecule has 1 atom stereocenters. The van der Waals surface area contributed by atoms with Crippen molar-refractivity contribution in [2.45, 2.75) is 8.37 Å². The molecule has 0 aliphatic rings. The Hall–Kier alpha value is -0.370. The summed E-state index contributed by atoms with van der Waals surface area (Å²) < 4.78 is 5.87. The third kappa shape index (κ3) is 5.08. The zero-order valence-corrected chi connectivity index (χ0v) is 17.4. The van der Waals surface area contributed by atoms with Gasteiger partial charge in [-0.1, -0.05) is 78.1 Å². The van der Waals surface area contributed by atoms with E-state index in [0.717, 1.165) is 4.47 Å². The Morgan fingerprint density at radius 3 is 2.18 bits per heavy atom. The molecule has 0 unspecified atom stereocenters. The molecular weight excluding hydrogens is 546 g/mol. The van der Waals surface area contributed by atoms with E-state index >= 15 is 0 Å². The first-order chi connectivity index (χ1) is 10.4. The fourth-order valence-electron chi connectivity index (χ4n) is 1.64. The van der Waals surface area contributed by atoms with E-state index in [1.54, 1.807) is 12.1 Å². The lowest BCUT2D eigenvalue weighted by molar-refractivity contribution is 0.0844. The minimum Gasteiger partial charge on any atom is -0.466 e. The standard InChI is InChI=1S/C15H11Br4NO2/c16-11-8-4-5-9-12(11)22-14(15(17,18)19)20-13(21)10-6-2-1-3-7-10/h1-9,14H,(H,20,21)/t14-/m1/s1. The first kappa shape index (κ1) is 18.0. The maximum atomic E-state index is 12.3. The van der Waals surface area contributed by atoms with Gasteiger partial charge in [0.1, 0.15) is 5.75 Å². The molecule has 22 heavy (non-hydrogen) atoms. The van der Waals surface area contributed by atoms with Gasteiger partial charge in [-0.15, -0.1) is 0 Å². The number of para-hydroxylation sites is 1. The van der Waals surface area contributed by atoms with E-state index in [1.807, 2.05) is 42.5 Å². The number of benzene rings is 2. The zero-order chi connectivity index (χ0) is 16.2. The van der Waals surface area contributed by atoms with Gasteiger partial charge < -0.3 is 10.1 Å². The van der Waals surface area contributed by atoms with E-state index in [1.165, 1.54) is 0 Å². The van der Waals surface area contributed by atoms with Crippen LogP contribution in [0, 0.1) is 0 Å². The minimum absolute atomic E-state index is 0.236. The second-order valence-corrected chi connectivity index (χ2v) is 12.1. The molecular formula is C15H11Br4NO2. The Morgan fingerprint density at radius 2 is 1.59 bits per heavy atom. The Labute approximate surface area is 162 Å². The molecule has 0 radical (unpaired) electrons. The first-order valence-corrected chi connectivity index (χ1v) is 9.39. The van der Waals surface area contributed by atoms with Gasteiger partial charge in [-0.2, -0.15) is 0 Å². The van der Waals surface area contributed by atoms with Crippen LogP contribution in [0.2, 0.25) is 0 Å². The van der Waals surface area contributed by atoms with E-state index in [9.17, 15) is 4.79 Å². The predicted molar refractivity (Wildman–Crippen MR) is 102 cm³/mol. The average Bonchev–Trinajstić information content (AvgIpc) is 2.48. The third-order valence-electron chi connectivity index (χ3n) is 2.68. The van der Waals surface area contributed by atoms with Crippen molar-refractivity contribution in [3.8, 4) is 5.75 Å². The van der Waals surface area contributed by atoms with Gasteiger partial charge in [0.05, 0.1) is 4.47 Å². The molecule has 7 heteroatoms. The fourth-order valence-corrected chi connectivity index (χ4v) is 2.64. The number of carbonyl (C=O) groups excluding carboxylic acids is 1. The number of halogens is 4. The molecule has 2 rings (SSSR count). The molecule has 0 saturated heterocycles. The topological polar surface area (TPSA) is 38.3 Å². The van der Waals surface area contributed by atoms with E-state index in [-0.39, 0.29) is 5.91 Å². The number of amides is 1. The van der Waals surface area contributed by atoms with Gasteiger partial charge in [-0.25, -0.2) is 0 Å². The van der Waals surface area contributed by atoms with Crippen LogP contribution < -0.4 is 10.1 Å². The maximum absolute atomic E-state index is 12.3. The number of hydrogen-bond donors (Lipinski definition) is 1. The van der Waals surface area contributed by atoms with Crippen LogP contribution in [-0.2, 0) is 0 Å². The molecule has 0 heterocycles. The number of nitrogens with one attached hydrogen (secondary N) is 1. The highest BCUT2D eigenvalue weighted by Crippen LogP contribution is 2.39. The largest absolute Gasteiger partial charge is 0.466 e. The molecule has 2 aromatic rings. The lowest BCUT2D eigenvalue weighted by Crippen LogP contribution is -2.47. The van der Waals surface area contributed by atoms with Crippen molar-refractivity contribution >= 4 is 69.6 Å². The quantitative estimate of drug-likeness (QED) is 0.403. The summed E-state index contributed by atoms with van der Waals surface area (Å²) in [5.41, 5.74) is 0.556. The fraction of sp³-hybridized carbons (Fsp3) is 0.133. The van der Waals surface area contributed by atoms with Crippen molar-refractivity contribution < 1.29 is 9.53 Å². The van der Waals surface area contributed by atoms with Crippen LogP contribution in [0.3, 0.4) is 0 Å². The summed E-state index contributed by atoms with van der Waals surface area (Å²) in [4.78, 5) is 12.3. The number of ether oxygens (including phenoxy) is 1. The number of hydrogen-bond acceptors (Lipinski definition) is 2. The summed E-state index contributed by atoms with van der Waals surface area (Å²) in [6, 6.07) is 16.4. The highest BCUT2D eigenvalue weighted by molar-refractivity contribution is 9.39. The average molecular weight is 557 g/mol. The van der Waals surface area contributed by atoms with Crippen molar-refractivity contribution in [3.63, 3.8) is 0 Å². The van der Waals surface area contributed by atoms with Crippen LogP contribution in [0.15, 0.2) is 59.1 Å². The van der Waals surface area contributed by atoms with E-state index < -0.39 is 8.37 Å². The summed E-state index contributed by atoms with van der Waals surface area (Å²) in [6.45, 7) is 0. The highest BCUT2D eigenvalue weighted by atomic mass is 80.0. The van der Waals surface area contributed by atoms with Gasteiger partial charge in [0, 0.05) is 5.56 Å². The Morgan fingerprint density at radius 1 is 1.00 bits per heavy atom. The summed E-state index contributed by atoms with van der Waals surface area (Å²) in [5, 5.41) is 2.83. The Kier molecular flexibility index (Phi) is 6.49. The van der Waals surface area contributed by atoms with Gasteiger partial charge in [-0.3, -0.25) is 4.79 Å². The van der Waals surface area contributed by atoms with Crippen LogP contribution in [-0.4, -0.2) is 14.3 Å². The van der Waals surface area contributed by atoms with E-state index in [0.29, 0.717) is 11.3 Å². The summed E-state index contributed by atoms with van der Waals surface area (Å²) in [7, 11) is 0. The smallest absolute Gasteiger partial charge is 0.254 e. The van der Waals surface area contributed by atoms with Crippen LogP contribution in [0.25, 0.3) is 0 Å². The molecule has 0 aromatic heterocycles. The van der Waals surface area contributed by atoms with Gasteiger partial charge >= 0.3 is 0 Å². The van der Waals surface area contributed by atoms with Crippen molar-refractivity contribution in [1.29, 1.82) is 0 Å². The predicted octanol–water partition coefficient (Wildman–Crippen LogP) is 5.42. The second-order valence-electron chi connectivity index (χ2n) is 4.31. The molecule has 3 nitrogen and oxygen atoms in total. The molecule has 116 valence electrons. The molecule has 0 saturated carbocycles. The van der Waals surface area contributed by atoms with Crippen molar-refractivity contribution in [3.05, 3.63) is 64.6 Å². The monoisotopic (exact) mass is 553 g/mol. The normalized spacial score (nSPS) is 12.5. The SMILES string of the molecule is O=C(N[C@H](Oc1ccccc1Br)C(Br)(Br)Br)c1ccccc1. The molecule has 1 N–H and O–H groups in total. The lowest BCUT2D eigenvalue weighted by Gasteiger charge is -2.27. The molecule has 2 aromatic carbocycles. The zero-order valence-electron chi connectivity index (χ0n) is 11.1. The van der Waals surface area contributed by atoms with Crippen molar-refractivity contribution in [2.75, 3.05) is 0 Å². The Bertz CT molecular complexity index is 643. The van der Waals surface area contributed by atoms with Gasteiger partial charge in [0.15, 0.2) is 2.14 Å².